The van der Waals surface area contributed by atoms with Crippen LogP contribution in [0, 0.1) is 11.2 Å². The highest BCUT2D eigenvalue weighted by molar-refractivity contribution is 6.26. The Labute approximate surface area is 132 Å². The van der Waals surface area contributed by atoms with E-state index in [0.29, 0.717) is 11.8 Å². The fourth-order valence-electron chi connectivity index (χ4n) is 1.80. The zero-order valence-electron chi connectivity index (χ0n) is 12.5. The van der Waals surface area contributed by atoms with Crippen molar-refractivity contribution < 1.29 is 18.8 Å². The zero-order valence-corrected chi connectivity index (χ0v) is 12.5. The third-order valence-electron chi connectivity index (χ3n) is 3.06. The van der Waals surface area contributed by atoms with E-state index >= 15 is 0 Å². The molecule has 1 aromatic rings. The Morgan fingerprint density at radius 2 is 1.91 bits per heavy atom. The molecule has 0 aromatic heterocycles. The molecule has 0 aliphatic heterocycles. The van der Waals surface area contributed by atoms with Crippen LogP contribution < -0.4 is 16.4 Å². The van der Waals surface area contributed by atoms with Crippen molar-refractivity contribution in [2.75, 3.05) is 6.54 Å². The van der Waals surface area contributed by atoms with Crippen LogP contribution >= 0.6 is 0 Å². The highest BCUT2D eigenvalue weighted by Gasteiger charge is 2.20. The van der Waals surface area contributed by atoms with Gasteiger partial charge in [-0.15, -0.1) is 0 Å². The molecule has 0 aliphatic rings. The molecule has 0 unspecified atom stereocenters. The molecule has 0 saturated carbocycles. The number of hydrogen-bond acceptors (Lipinski definition) is 5. The van der Waals surface area contributed by atoms with Gasteiger partial charge in [0.05, 0.1) is 12.8 Å². The lowest BCUT2D eigenvalue weighted by atomic mass is 10.1. The fraction of sp³-hybridized carbons (Fsp3) is 0.333. The van der Waals surface area contributed by atoms with Gasteiger partial charge in [-0.2, -0.15) is 0 Å². The summed E-state index contributed by atoms with van der Waals surface area (Å²) in [6.07, 6.45) is 0.691. The second-order valence-electron chi connectivity index (χ2n) is 4.82. The van der Waals surface area contributed by atoms with Gasteiger partial charge < -0.3 is 21.8 Å². The van der Waals surface area contributed by atoms with E-state index in [9.17, 15) is 18.8 Å². The van der Waals surface area contributed by atoms with Crippen molar-refractivity contribution in [1.29, 1.82) is 5.41 Å². The maximum Gasteiger partial charge on any atom is 0.242 e. The van der Waals surface area contributed by atoms with Gasteiger partial charge >= 0.3 is 0 Å². The number of ketones is 1. The molecule has 0 spiro atoms. The minimum absolute atomic E-state index is 0.0387. The minimum atomic E-state index is -0.921. The fourth-order valence-corrected chi connectivity index (χ4v) is 1.80. The molecule has 0 saturated heterocycles. The van der Waals surface area contributed by atoms with E-state index in [2.05, 4.69) is 10.6 Å². The minimum Gasteiger partial charge on any atom is -0.350 e. The van der Waals surface area contributed by atoms with Gasteiger partial charge in [-0.25, -0.2) is 4.39 Å². The first kappa shape index (κ1) is 18.4. The molecular formula is C15H19FN4O3. The molecule has 0 radical (unpaired) electrons. The van der Waals surface area contributed by atoms with Crippen LogP contribution in [0.1, 0.15) is 18.4 Å². The van der Waals surface area contributed by atoms with E-state index in [1.165, 1.54) is 24.3 Å². The Kier molecular flexibility index (Phi) is 7.55. The molecule has 1 atom stereocenters. The SMILES string of the molecule is N=CC(=O)CC[C@H](NC(=O)CN)C(=O)NCc1ccc(F)cc1. The number of hydrogen-bond donors (Lipinski definition) is 4. The van der Waals surface area contributed by atoms with Crippen LogP contribution in [0.25, 0.3) is 0 Å². The summed E-state index contributed by atoms with van der Waals surface area (Å²) in [5, 5.41) is 11.9. The maximum absolute atomic E-state index is 12.8. The predicted octanol–water partition coefficient (Wildman–Crippen LogP) is -0.116. The largest absolute Gasteiger partial charge is 0.350 e. The summed E-state index contributed by atoms with van der Waals surface area (Å²) >= 11 is 0. The number of rotatable bonds is 9. The predicted molar refractivity (Wildman–Crippen MR) is 82.3 cm³/mol. The number of amides is 2. The number of carbonyl (C=O) groups excluding carboxylic acids is 3. The molecule has 0 aliphatic carbocycles. The van der Waals surface area contributed by atoms with Gasteiger partial charge in [0.2, 0.25) is 11.8 Å². The van der Waals surface area contributed by atoms with Crippen LogP contribution in [-0.2, 0) is 20.9 Å². The quantitative estimate of drug-likeness (QED) is 0.473. The van der Waals surface area contributed by atoms with Crippen molar-refractivity contribution in [3.8, 4) is 0 Å². The van der Waals surface area contributed by atoms with Gasteiger partial charge in [-0.05, 0) is 24.1 Å². The lowest BCUT2D eigenvalue weighted by molar-refractivity contribution is -0.128. The molecule has 5 N–H and O–H groups in total. The van der Waals surface area contributed by atoms with Gasteiger partial charge in [-0.3, -0.25) is 14.4 Å². The monoisotopic (exact) mass is 322 g/mol. The number of Topliss-reactive ketones (excluding diaryl/α,β-unsaturated/α-hetero) is 1. The van der Waals surface area contributed by atoms with E-state index in [1.54, 1.807) is 0 Å². The van der Waals surface area contributed by atoms with Gasteiger partial charge in [0.1, 0.15) is 11.9 Å². The van der Waals surface area contributed by atoms with Crippen LogP contribution in [0.5, 0.6) is 0 Å². The standard InChI is InChI=1S/C15H19FN4O3/c16-11-3-1-10(2-4-11)9-19-15(23)13(20-14(22)8-18)6-5-12(21)7-17/h1-4,7,13,17H,5-6,8-9,18H2,(H,19,23)(H,20,22)/t13-/m0/s1. The van der Waals surface area contributed by atoms with Crippen molar-refractivity contribution in [3.05, 3.63) is 35.6 Å². The smallest absolute Gasteiger partial charge is 0.242 e. The molecule has 7 nitrogen and oxygen atoms in total. The number of halogens is 1. The van der Waals surface area contributed by atoms with Gasteiger partial charge in [0, 0.05) is 13.0 Å². The third-order valence-corrected chi connectivity index (χ3v) is 3.06. The van der Waals surface area contributed by atoms with Crippen LogP contribution in [0.4, 0.5) is 4.39 Å². The first-order chi connectivity index (χ1) is 11.0. The lowest BCUT2D eigenvalue weighted by Crippen LogP contribution is -2.48. The van der Waals surface area contributed by atoms with E-state index in [1.807, 2.05) is 0 Å². The number of nitrogens with two attached hydrogens (primary N) is 1. The Hall–Kier alpha value is -2.61. The average molecular weight is 322 g/mol. The highest BCUT2D eigenvalue weighted by Crippen LogP contribution is 2.03. The number of benzene rings is 1. The number of nitrogens with one attached hydrogen (secondary N) is 3. The first-order valence-corrected chi connectivity index (χ1v) is 7.01. The van der Waals surface area contributed by atoms with E-state index in [-0.39, 0.29) is 31.7 Å². The molecule has 0 heterocycles. The van der Waals surface area contributed by atoms with E-state index < -0.39 is 23.6 Å². The Balaban J connectivity index is 2.61. The normalized spacial score (nSPS) is 11.4. The van der Waals surface area contributed by atoms with Gasteiger partial charge in [0.25, 0.3) is 0 Å². The summed E-state index contributed by atoms with van der Waals surface area (Å²) in [6.45, 7) is -0.118. The lowest BCUT2D eigenvalue weighted by Gasteiger charge is -2.17. The van der Waals surface area contributed by atoms with Crippen molar-refractivity contribution in [2.45, 2.75) is 25.4 Å². The molecule has 1 aromatic carbocycles. The second-order valence-corrected chi connectivity index (χ2v) is 4.82. The topological polar surface area (TPSA) is 125 Å². The van der Waals surface area contributed by atoms with E-state index in [4.69, 9.17) is 11.1 Å². The summed E-state index contributed by atoms with van der Waals surface area (Å²) in [5.74, 6) is -1.82. The second kappa shape index (κ2) is 9.42. The molecule has 2 amide bonds. The molecule has 0 bridgehead atoms. The number of carbonyl (C=O) groups is 3. The summed E-state index contributed by atoms with van der Waals surface area (Å²) in [4.78, 5) is 34.6. The zero-order chi connectivity index (χ0) is 17.2. The van der Waals surface area contributed by atoms with Crippen molar-refractivity contribution in [3.63, 3.8) is 0 Å². The van der Waals surface area contributed by atoms with Crippen molar-refractivity contribution in [1.82, 2.24) is 10.6 Å². The van der Waals surface area contributed by atoms with Gasteiger partial charge in [-0.1, -0.05) is 12.1 Å². The van der Waals surface area contributed by atoms with E-state index in [0.717, 1.165) is 0 Å². The third kappa shape index (κ3) is 6.79. The maximum atomic E-state index is 12.8. The Morgan fingerprint density at radius 1 is 1.26 bits per heavy atom. The Morgan fingerprint density at radius 3 is 2.48 bits per heavy atom. The summed E-state index contributed by atoms with van der Waals surface area (Å²) in [5.41, 5.74) is 5.89. The molecule has 1 rings (SSSR count). The molecular weight excluding hydrogens is 303 g/mol. The van der Waals surface area contributed by atoms with Gasteiger partial charge in [0.15, 0.2) is 5.78 Å². The van der Waals surface area contributed by atoms with Crippen LogP contribution in [-0.4, -0.2) is 36.4 Å². The average Bonchev–Trinajstić information content (AvgIpc) is 2.57. The molecule has 8 heteroatoms. The summed E-state index contributed by atoms with van der Waals surface area (Å²) < 4.78 is 12.8. The van der Waals surface area contributed by atoms with Crippen molar-refractivity contribution >= 4 is 23.8 Å². The van der Waals surface area contributed by atoms with Crippen LogP contribution in [0.3, 0.4) is 0 Å². The first-order valence-electron chi connectivity index (χ1n) is 7.01. The van der Waals surface area contributed by atoms with Crippen LogP contribution in [0.2, 0.25) is 0 Å². The molecule has 124 valence electrons. The summed E-state index contributed by atoms with van der Waals surface area (Å²) in [6, 6.07) is 4.69. The highest BCUT2D eigenvalue weighted by atomic mass is 19.1. The molecule has 0 fully saturated rings. The van der Waals surface area contributed by atoms with Crippen molar-refractivity contribution in [2.24, 2.45) is 5.73 Å². The Bertz CT molecular complexity index is 575. The summed E-state index contributed by atoms with van der Waals surface area (Å²) in [7, 11) is 0. The van der Waals surface area contributed by atoms with Crippen LogP contribution in [0.15, 0.2) is 24.3 Å². The molecule has 23 heavy (non-hydrogen) atoms.